The molecule has 0 aromatic carbocycles. The zero-order valence-corrected chi connectivity index (χ0v) is 11.3. The average molecular weight is 270 g/mol. The first-order chi connectivity index (χ1) is 9.13. The van der Waals surface area contributed by atoms with Crippen LogP contribution in [0.1, 0.15) is 19.8 Å². The molecule has 0 aliphatic rings. The standard InChI is InChI=1S/C11H18N4O4/c1-4-5-8(6-18-2)14-10-9(15(16)17)11(19-3)13-7-12-10/h7-8H,4-6H2,1-3H3,(H,12,13,14). The number of hydrogen-bond acceptors (Lipinski definition) is 7. The van der Waals surface area contributed by atoms with Crippen LogP contribution in [0.15, 0.2) is 6.33 Å². The van der Waals surface area contributed by atoms with Crippen LogP contribution < -0.4 is 10.1 Å². The Morgan fingerprint density at radius 1 is 1.47 bits per heavy atom. The summed E-state index contributed by atoms with van der Waals surface area (Å²) in [6.45, 7) is 2.47. The smallest absolute Gasteiger partial charge is 0.372 e. The van der Waals surface area contributed by atoms with Gasteiger partial charge in [-0.3, -0.25) is 10.1 Å². The van der Waals surface area contributed by atoms with Gasteiger partial charge in [0, 0.05) is 7.11 Å². The number of rotatable bonds is 8. The van der Waals surface area contributed by atoms with Crippen molar-refractivity contribution in [2.45, 2.75) is 25.8 Å². The molecule has 0 radical (unpaired) electrons. The lowest BCUT2D eigenvalue weighted by molar-refractivity contribution is -0.385. The van der Waals surface area contributed by atoms with Crippen molar-refractivity contribution in [3.05, 3.63) is 16.4 Å². The normalized spacial score (nSPS) is 11.9. The van der Waals surface area contributed by atoms with Gasteiger partial charge in [0.1, 0.15) is 6.33 Å². The minimum atomic E-state index is -0.559. The van der Waals surface area contributed by atoms with Gasteiger partial charge in [0.15, 0.2) is 0 Å². The summed E-state index contributed by atoms with van der Waals surface area (Å²) in [5.74, 6) is 0.0857. The highest BCUT2D eigenvalue weighted by atomic mass is 16.6. The van der Waals surface area contributed by atoms with E-state index in [4.69, 9.17) is 9.47 Å². The Morgan fingerprint density at radius 3 is 2.74 bits per heavy atom. The fourth-order valence-corrected chi connectivity index (χ4v) is 1.72. The first kappa shape index (κ1) is 15.1. The van der Waals surface area contributed by atoms with Crippen molar-refractivity contribution < 1.29 is 14.4 Å². The van der Waals surface area contributed by atoms with E-state index in [1.807, 2.05) is 6.92 Å². The Bertz CT molecular complexity index is 421. The predicted molar refractivity (Wildman–Crippen MR) is 69.4 cm³/mol. The summed E-state index contributed by atoms with van der Waals surface area (Å²) >= 11 is 0. The van der Waals surface area contributed by atoms with Crippen molar-refractivity contribution in [1.29, 1.82) is 0 Å². The summed E-state index contributed by atoms with van der Waals surface area (Å²) in [4.78, 5) is 18.2. The molecule has 1 atom stereocenters. The summed E-state index contributed by atoms with van der Waals surface area (Å²) in [5.41, 5.74) is -0.262. The SMILES string of the molecule is CCCC(COC)Nc1ncnc(OC)c1[N+](=O)[O-]. The lowest BCUT2D eigenvalue weighted by Crippen LogP contribution is -2.25. The van der Waals surface area contributed by atoms with Crippen molar-refractivity contribution in [2.75, 3.05) is 26.1 Å². The highest BCUT2D eigenvalue weighted by Gasteiger charge is 2.25. The maximum atomic E-state index is 11.1. The number of nitrogens with one attached hydrogen (secondary N) is 1. The topological polar surface area (TPSA) is 99.4 Å². The van der Waals surface area contributed by atoms with E-state index < -0.39 is 4.92 Å². The molecule has 8 heteroatoms. The van der Waals surface area contributed by atoms with E-state index in [-0.39, 0.29) is 23.4 Å². The van der Waals surface area contributed by atoms with Gasteiger partial charge < -0.3 is 14.8 Å². The van der Waals surface area contributed by atoms with Crippen molar-refractivity contribution in [1.82, 2.24) is 9.97 Å². The molecule has 19 heavy (non-hydrogen) atoms. The minimum absolute atomic E-state index is 0.0479. The second kappa shape index (κ2) is 7.47. The summed E-state index contributed by atoms with van der Waals surface area (Å²) < 4.78 is 9.96. The molecule has 0 spiro atoms. The van der Waals surface area contributed by atoms with Crippen LogP contribution in [-0.4, -0.2) is 41.8 Å². The first-order valence-electron chi connectivity index (χ1n) is 5.92. The first-order valence-corrected chi connectivity index (χ1v) is 5.92. The van der Waals surface area contributed by atoms with E-state index in [1.165, 1.54) is 13.4 Å². The third-order valence-electron chi connectivity index (χ3n) is 2.51. The highest BCUT2D eigenvalue weighted by molar-refractivity contribution is 5.61. The number of ether oxygens (including phenoxy) is 2. The molecule has 1 aromatic heterocycles. The molecular formula is C11H18N4O4. The van der Waals surface area contributed by atoms with Crippen LogP contribution in [0.5, 0.6) is 5.88 Å². The van der Waals surface area contributed by atoms with Gasteiger partial charge in [-0.1, -0.05) is 13.3 Å². The molecular weight excluding hydrogens is 252 g/mol. The summed E-state index contributed by atoms with van der Waals surface area (Å²) in [5, 5.41) is 14.1. The number of anilines is 1. The Balaban J connectivity index is 3.01. The molecule has 1 rings (SSSR count). The highest BCUT2D eigenvalue weighted by Crippen LogP contribution is 2.30. The largest absolute Gasteiger partial charge is 0.476 e. The molecule has 1 heterocycles. The minimum Gasteiger partial charge on any atom is -0.476 e. The van der Waals surface area contributed by atoms with Crippen LogP contribution in [0.3, 0.4) is 0 Å². The van der Waals surface area contributed by atoms with Crippen LogP contribution in [-0.2, 0) is 4.74 Å². The van der Waals surface area contributed by atoms with Crippen molar-refractivity contribution in [3.8, 4) is 5.88 Å². The maximum Gasteiger partial charge on any atom is 0.372 e. The number of methoxy groups -OCH3 is 2. The van der Waals surface area contributed by atoms with E-state index >= 15 is 0 Å². The maximum absolute atomic E-state index is 11.1. The lowest BCUT2D eigenvalue weighted by Gasteiger charge is -2.17. The molecule has 106 valence electrons. The van der Waals surface area contributed by atoms with Crippen LogP contribution in [0.25, 0.3) is 0 Å². The monoisotopic (exact) mass is 270 g/mol. The number of aromatic nitrogens is 2. The molecule has 1 aromatic rings. The van der Waals surface area contributed by atoms with Crippen molar-refractivity contribution >= 4 is 11.5 Å². The van der Waals surface area contributed by atoms with Crippen LogP contribution in [0.2, 0.25) is 0 Å². The number of nitro groups is 1. The third kappa shape index (κ3) is 4.02. The van der Waals surface area contributed by atoms with E-state index in [0.717, 1.165) is 12.8 Å². The molecule has 0 aliphatic heterocycles. The second-order valence-electron chi connectivity index (χ2n) is 3.92. The molecule has 1 unspecified atom stereocenters. The van der Waals surface area contributed by atoms with Gasteiger partial charge >= 0.3 is 5.69 Å². The number of hydrogen-bond donors (Lipinski definition) is 1. The molecule has 8 nitrogen and oxygen atoms in total. The molecule has 0 fully saturated rings. The third-order valence-corrected chi connectivity index (χ3v) is 2.51. The van der Waals surface area contributed by atoms with Gasteiger partial charge in [0.05, 0.1) is 24.7 Å². The average Bonchev–Trinajstić information content (AvgIpc) is 2.38. The van der Waals surface area contributed by atoms with E-state index in [9.17, 15) is 10.1 Å². The van der Waals surface area contributed by atoms with Gasteiger partial charge in [-0.2, -0.15) is 4.98 Å². The second-order valence-corrected chi connectivity index (χ2v) is 3.92. The van der Waals surface area contributed by atoms with Gasteiger partial charge in [0.2, 0.25) is 5.82 Å². The van der Waals surface area contributed by atoms with Crippen molar-refractivity contribution in [3.63, 3.8) is 0 Å². The van der Waals surface area contributed by atoms with Crippen LogP contribution in [0, 0.1) is 10.1 Å². The molecule has 0 amide bonds. The van der Waals surface area contributed by atoms with Gasteiger partial charge in [-0.15, -0.1) is 0 Å². The quantitative estimate of drug-likeness (QED) is 0.566. The van der Waals surface area contributed by atoms with Crippen LogP contribution >= 0.6 is 0 Å². The summed E-state index contributed by atoms with van der Waals surface area (Å²) in [7, 11) is 2.91. The van der Waals surface area contributed by atoms with Gasteiger partial charge in [-0.25, -0.2) is 4.98 Å². The van der Waals surface area contributed by atoms with Crippen molar-refractivity contribution in [2.24, 2.45) is 0 Å². The zero-order chi connectivity index (χ0) is 14.3. The molecule has 0 bridgehead atoms. The molecule has 0 aliphatic carbocycles. The summed E-state index contributed by atoms with van der Waals surface area (Å²) in [6.07, 6.45) is 2.97. The van der Waals surface area contributed by atoms with E-state index in [0.29, 0.717) is 6.61 Å². The predicted octanol–water partition coefficient (Wildman–Crippen LogP) is 1.62. The molecule has 1 N–H and O–H groups in total. The Kier molecular flexibility index (Phi) is 5.94. The zero-order valence-electron chi connectivity index (χ0n) is 11.3. The Morgan fingerprint density at radius 2 is 2.21 bits per heavy atom. The fraction of sp³-hybridized carbons (Fsp3) is 0.636. The number of nitrogens with zero attached hydrogens (tertiary/aromatic N) is 3. The van der Waals surface area contributed by atoms with Crippen LogP contribution in [0.4, 0.5) is 11.5 Å². The van der Waals surface area contributed by atoms with Gasteiger partial charge in [0.25, 0.3) is 5.88 Å². The van der Waals surface area contributed by atoms with E-state index in [1.54, 1.807) is 7.11 Å². The van der Waals surface area contributed by atoms with E-state index in [2.05, 4.69) is 15.3 Å². The fourth-order valence-electron chi connectivity index (χ4n) is 1.72. The van der Waals surface area contributed by atoms with Gasteiger partial charge in [-0.05, 0) is 6.42 Å². The Hall–Kier alpha value is -1.96. The molecule has 0 saturated carbocycles. The molecule has 0 saturated heterocycles. The lowest BCUT2D eigenvalue weighted by atomic mass is 10.2. The summed E-state index contributed by atoms with van der Waals surface area (Å²) in [6, 6.07) is -0.0479. The Labute approximate surface area is 111 Å².